The first-order chi connectivity index (χ1) is 11.1. The van der Waals surface area contributed by atoms with Crippen LogP contribution in [0.1, 0.15) is 22.8 Å². The zero-order valence-corrected chi connectivity index (χ0v) is 13.7. The number of hydrogen-bond donors (Lipinski definition) is 1. The number of carbonyl (C=O) groups excluding carboxylic acids is 1. The minimum Gasteiger partial charge on any atom is -0.494 e. The second-order valence-electron chi connectivity index (χ2n) is 5.30. The van der Waals surface area contributed by atoms with Gasteiger partial charge < -0.3 is 4.74 Å². The molecule has 1 aliphatic rings. The Balaban J connectivity index is 1.93. The third-order valence-corrected chi connectivity index (χ3v) is 4.07. The second kappa shape index (κ2) is 6.34. The first kappa shape index (κ1) is 15.4. The average molecular weight is 329 g/mol. The molecule has 23 heavy (non-hydrogen) atoms. The van der Waals surface area contributed by atoms with Gasteiger partial charge in [-0.15, -0.1) is 0 Å². The maximum Gasteiger partial charge on any atom is 0.270 e. The lowest BCUT2D eigenvalue weighted by Crippen LogP contribution is -2.43. The molecular weight excluding hydrogens is 312 g/mol. The van der Waals surface area contributed by atoms with Gasteiger partial charge in [0.15, 0.2) is 0 Å². The van der Waals surface area contributed by atoms with Crippen LogP contribution in [0.5, 0.6) is 5.75 Å². The number of hydrogen-bond acceptors (Lipinski definition) is 3. The number of anilines is 1. The molecule has 4 nitrogen and oxygen atoms in total. The molecule has 0 saturated heterocycles. The Hall–Kier alpha value is -2.46. The summed E-state index contributed by atoms with van der Waals surface area (Å²) in [5.41, 5.74) is 6.41. The standard InChI is InChI=1S/C18H17ClN2O2/c1-12-6-7-13-4-3-5-16(23-2)17(13)21(12)20-18(22)14-8-10-15(19)11-9-14/h3-6,8-11H,7H2,1-2H3,(H,20,22). The lowest BCUT2D eigenvalue weighted by atomic mass is 10.0. The summed E-state index contributed by atoms with van der Waals surface area (Å²) in [7, 11) is 1.63. The Kier molecular flexibility index (Phi) is 4.26. The van der Waals surface area contributed by atoms with Crippen molar-refractivity contribution in [1.82, 2.24) is 5.43 Å². The number of nitrogens with zero attached hydrogens (tertiary/aromatic N) is 1. The molecule has 3 rings (SSSR count). The van der Waals surface area contributed by atoms with Crippen molar-refractivity contribution in [2.75, 3.05) is 12.1 Å². The number of allylic oxidation sites excluding steroid dienone is 2. The number of amides is 1. The predicted octanol–water partition coefficient (Wildman–Crippen LogP) is 3.96. The predicted molar refractivity (Wildman–Crippen MR) is 91.9 cm³/mol. The molecule has 0 saturated carbocycles. The minimum atomic E-state index is -0.201. The molecule has 0 bridgehead atoms. The van der Waals surface area contributed by atoms with E-state index in [1.54, 1.807) is 36.4 Å². The molecule has 2 aromatic rings. The summed E-state index contributed by atoms with van der Waals surface area (Å²) in [4.78, 5) is 12.5. The highest BCUT2D eigenvalue weighted by Gasteiger charge is 2.23. The smallest absolute Gasteiger partial charge is 0.270 e. The van der Waals surface area contributed by atoms with Crippen LogP contribution in [0.25, 0.3) is 0 Å². The Bertz CT molecular complexity index is 769. The van der Waals surface area contributed by atoms with Crippen molar-refractivity contribution < 1.29 is 9.53 Å². The fraction of sp³-hybridized carbons (Fsp3) is 0.167. The molecule has 2 aromatic carbocycles. The number of nitrogens with one attached hydrogen (secondary N) is 1. The lowest BCUT2D eigenvalue weighted by Gasteiger charge is -2.32. The number of carbonyl (C=O) groups is 1. The highest BCUT2D eigenvalue weighted by Crippen LogP contribution is 2.36. The average Bonchev–Trinajstić information content (AvgIpc) is 2.57. The quantitative estimate of drug-likeness (QED) is 0.927. The lowest BCUT2D eigenvalue weighted by molar-refractivity contribution is 0.0951. The van der Waals surface area contributed by atoms with E-state index in [0.717, 1.165) is 29.1 Å². The first-order valence-electron chi connectivity index (χ1n) is 7.29. The highest BCUT2D eigenvalue weighted by atomic mass is 35.5. The van der Waals surface area contributed by atoms with Gasteiger partial charge in [0.2, 0.25) is 0 Å². The van der Waals surface area contributed by atoms with Crippen LogP contribution in [0.15, 0.2) is 54.2 Å². The minimum absolute atomic E-state index is 0.201. The van der Waals surface area contributed by atoms with Crippen LogP contribution in [-0.2, 0) is 6.42 Å². The monoisotopic (exact) mass is 328 g/mol. The highest BCUT2D eigenvalue weighted by molar-refractivity contribution is 6.30. The summed E-state index contributed by atoms with van der Waals surface area (Å²) in [6.07, 6.45) is 2.88. The number of benzene rings is 2. The van der Waals surface area contributed by atoms with Crippen LogP contribution in [0.4, 0.5) is 5.69 Å². The number of halogens is 1. The van der Waals surface area contributed by atoms with Crippen molar-refractivity contribution >= 4 is 23.2 Å². The third-order valence-electron chi connectivity index (χ3n) is 3.82. The molecule has 118 valence electrons. The maximum atomic E-state index is 12.5. The molecular formula is C18H17ClN2O2. The first-order valence-corrected chi connectivity index (χ1v) is 7.67. The van der Waals surface area contributed by atoms with Gasteiger partial charge in [-0.25, -0.2) is 0 Å². The van der Waals surface area contributed by atoms with Crippen molar-refractivity contribution in [1.29, 1.82) is 0 Å². The van der Waals surface area contributed by atoms with Crippen LogP contribution in [0.2, 0.25) is 5.02 Å². The number of hydrazine groups is 1. The summed E-state index contributed by atoms with van der Waals surface area (Å²) < 4.78 is 5.46. The molecule has 5 heteroatoms. The summed E-state index contributed by atoms with van der Waals surface area (Å²) in [6, 6.07) is 12.7. The summed E-state index contributed by atoms with van der Waals surface area (Å²) in [6.45, 7) is 1.96. The number of rotatable bonds is 3. The maximum absolute atomic E-state index is 12.5. The Morgan fingerprint density at radius 3 is 2.65 bits per heavy atom. The summed E-state index contributed by atoms with van der Waals surface area (Å²) in [5, 5.41) is 2.37. The van der Waals surface area contributed by atoms with Gasteiger partial charge in [-0.2, -0.15) is 0 Å². The van der Waals surface area contributed by atoms with E-state index in [2.05, 4.69) is 11.5 Å². The molecule has 1 heterocycles. The molecule has 0 unspecified atom stereocenters. The van der Waals surface area contributed by atoms with E-state index in [0.29, 0.717) is 10.6 Å². The zero-order valence-electron chi connectivity index (χ0n) is 13.0. The molecule has 0 aromatic heterocycles. The van der Waals surface area contributed by atoms with Gasteiger partial charge in [-0.3, -0.25) is 15.2 Å². The van der Waals surface area contributed by atoms with Gasteiger partial charge in [0.25, 0.3) is 5.91 Å². The van der Waals surface area contributed by atoms with Crippen molar-refractivity contribution in [2.45, 2.75) is 13.3 Å². The summed E-state index contributed by atoms with van der Waals surface area (Å²) >= 11 is 5.87. The number of para-hydroxylation sites is 1. The molecule has 1 amide bonds. The third kappa shape index (κ3) is 3.03. The van der Waals surface area contributed by atoms with Gasteiger partial charge in [0, 0.05) is 16.3 Å². The number of methoxy groups -OCH3 is 1. The fourth-order valence-electron chi connectivity index (χ4n) is 2.59. The van der Waals surface area contributed by atoms with Crippen LogP contribution in [0.3, 0.4) is 0 Å². The van der Waals surface area contributed by atoms with E-state index in [4.69, 9.17) is 16.3 Å². The van der Waals surface area contributed by atoms with Crippen LogP contribution in [0, 0.1) is 0 Å². The largest absolute Gasteiger partial charge is 0.494 e. The van der Waals surface area contributed by atoms with Gasteiger partial charge in [-0.05, 0) is 49.2 Å². The fourth-order valence-corrected chi connectivity index (χ4v) is 2.71. The van der Waals surface area contributed by atoms with E-state index in [-0.39, 0.29) is 5.91 Å². The Morgan fingerprint density at radius 1 is 1.22 bits per heavy atom. The van der Waals surface area contributed by atoms with E-state index in [1.807, 2.05) is 25.1 Å². The van der Waals surface area contributed by atoms with Crippen LogP contribution < -0.4 is 15.2 Å². The topological polar surface area (TPSA) is 41.6 Å². The molecule has 0 radical (unpaired) electrons. The molecule has 1 N–H and O–H groups in total. The van der Waals surface area contributed by atoms with Crippen molar-refractivity contribution in [3.05, 3.63) is 70.4 Å². The van der Waals surface area contributed by atoms with Crippen molar-refractivity contribution in [2.24, 2.45) is 0 Å². The van der Waals surface area contributed by atoms with Crippen molar-refractivity contribution in [3.63, 3.8) is 0 Å². The summed E-state index contributed by atoms with van der Waals surface area (Å²) in [5.74, 6) is 0.527. The van der Waals surface area contributed by atoms with Gasteiger partial charge in [0.1, 0.15) is 11.4 Å². The van der Waals surface area contributed by atoms with E-state index in [9.17, 15) is 4.79 Å². The van der Waals surface area contributed by atoms with Crippen LogP contribution in [-0.4, -0.2) is 13.0 Å². The van der Waals surface area contributed by atoms with E-state index >= 15 is 0 Å². The zero-order chi connectivity index (χ0) is 16.4. The van der Waals surface area contributed by atoms with E-state index in [1.165, 1.54) is 0 Å². The van der Waals surface area contributed by atoms with Crippen LogP contribution >= 0.6 is 11.6 Å². The van der Waals surface area contributed by atoms with Gasteiger partial charge in [-0.1, -0.05) is 29.8 Å². The van der Waals surface area contributed by atoms with Gasteiger partial charge in [0.05, 0.1) is 7.11 Å². The number of fused-ring (bicyclic) bond motifs is 1. The van der Waals surface area contributed by atoms with E-state index < -0.39 is 0 Å². The Morgan fingerprint density at radius 2 is 1.96 bits per heavy atom. The molecule has 0 atom stereocenters. The van der Waals surface area contributed by atoms with Gasteiger partial charge >= 0.3 is 0 Å². The SMILES string of the molecule is COc1cccc2c1N(NC(=O)c1ccc(Cl)cc1)C(C)=CC2. The molecule has 0 aliphatic carbocycles. The molecule has 0 spiro atoms. The normalized spacial score (nSPS) is 13.2. The number of ether oxygens (including phenoxy) is 1. The molecule has 0 fully saturated rings. The van der Waals surface area contributed by atoms with Crippen molar-refractivity contribution in [3.8, 4) is 5.75 Å². The molecule has 1 aliphatic heterocycles. The second-order valence-corrected chi connectivity index (χ2v) is 5.74. The Labute approximate surface area is 140 Å².